The molecule has 1 aliphatic heterocycles. The zero-order valence-corrected chi connectivity index (χ0v) is 8.94. The molecule has 1 aliphatic rings. The Morgan fingerprint density at radius 2 is 2.38 bits per heavy atom. The first-order valence-electron chi connectivity index (χ1n) is 5.64. The van der Waals surface area contributed by atoms with Crippen molar-refractivity contribution in [3.05, 3.63) is 34.5 Å². The van der Waals surface area contributed by atoms with E-state index >= 15 is 0 Å². The molecule has 0 aromatic carbocycles. The van der Waals surface area contributed by atoms with Crippen LogP contribution in [0.15, 0.2) is 23.3 Å². The number of hydrogen-bond acceptors (Lipinski definition) is 3. The average Bonchev–Trinajstić information content (AvgIpc) is 2.79. The Morgan fingerprint density at radius 3 is 3.19 bits per heavy atom. The second-order valence-electron chi connectivity index (χ2n) is 4.19. The largest absolute Gasteiger partial charge is 0.327 e. The van der Waals surface area contributed by atoms with E-state index in [1.165, 1.54) is 17.2 Å². The van der Waals surface area contributed by atoms with Crippen molar-refractivity contribution < 1.29 is 0 Å². The topological polar surface area (TPSA) is 62.2 Å². The third-order valence-electron chi connectivity index (χ3n) is 3.10. The molecule has 1 fully saturated rings. The standard InChI is InChI=1S/C11H14N4O/c16-10-7-9(8-3-1-2-4-12-8)14-11-13-5-6-15(10)11/h5-8,12H,1-4H2,(H,13,14). The molecule has 2 aromatic heterocycles. The molecule has 1 atom stereocenters. The summed E-state index contributed by atoms with van der Waals surface area (Å²) >= 11 is 0. The molecule has 5 heteroatoms. The molecular formula is C11H14N4O. The van der Waals surface area contributed by atoms with E-state index in [1.807, 2.05) is 0 Å². The number of imidazole rings is 1. The number of H-pyrrole nitrogens is 1. The van der Waals surface area contributed by atoms with Gasteiger partial charge in [-0.05, 0) is 19.4 Å². The van der Waals surface area contributed by atoms with Crippen LogP contribution in [0.4, 0.5) is 0 Å². The molecular weight excluding hydrogens is 204 g/mol. The van der Waals surface area contributed by atoms with Crippen LogP contribution < -0.4 is 10.9 Å². The molecule has 0 radical (unpaired) electrons. The summed E-state index contributed by atoms with van der Waals surface area (Å²) < 4.78 is 1.52. The molecule has 0 bridgehead atoms. The maximum absolute atomic E-state index is 11.8. The van der Waals surface area contributed by atoms with Crippen molar-refractivity contribution in [1.82, 2.24) is 19.7 Å². The van der Waals surface area contributed by atoms with Crippen molar-refractivity contribution in [2.45, 2.75) is 25.3 Å². The number of hydrogen-bond donors (Lipinski definition) is 2. The summed E-state index contributed by atoms with van der Waals surface area (Å²) in [7, 11) is 0. The van der Waals surface area contributed by atoms with E-state index in [0.717, 1.165) is 18.7 Å². The monoisotopic (exact) mass is 218 g/mol. The predicted octanol–water partition coefficient (Wildman–Crippen LogP) is 0.837. The van der Waals surface area contributed by atoms with Gasteiger partial charge in [-0.1, -0.05) is 6.42 Å². The second kappa shape index (κ2) is 3.75. The summed E-state index contributed by atoms with van der Waals surface area (Å²) in [6.07, 6.45) is 6.80. The van der Waals surface area contributed by atoms with Crippen LogP contribution >= 0.6 is 0 Å². The normalized spacial score (nSPS) is 21.4. The number of rotatable bonds is 1. The smallest absolute Gasteiger partial charge is 0.259 e. The van der Waals surface area contributed by atoms with E-state index in [-0.39, 0.29) is 11.6 Å². The molecule has 0 amide bonds. The molecule has 0 aliphatic carbocycles. The Balaban J connectivity index is 2.06. The van der Waals surface area contributed by atoms with Crippen LogP contribution in [0.5, 0.6) is 0 Å². The van der Waals surface area contributed by atoms with E-state index in [4.69, 9.17) is 0 Å². The highest BCUT2D eigenvalue weighted by Gasteiger charge is 2.16. The predicted molar refractivity (Wildman–Crippen MR) is 60.4 cm³/mol. The van der Waals surface area contributed by atoms with Crippen LogP contribution in [0.2, 0.25) is 0 Å². The second-order valence-corrected chi connectivity index (χ2v) is 4.19. The number of aromatic amines is 1. The number of fused-ring (bicyclic) bond motifs is 1. The van der Waals surface area contributed by atoms with E-state index in [9.17, 15) is 4.79 Å². The van der Waals surface area contributed by atoms with Gasteiger partial charge >= 0.3 is 0 Å². The van der Waals surface area contributed by atoms with Crippen molar-refractivity contribution in [3.8, 4) is 0 Å². The summed E-state index contributed by atoms with van der Waals surface area (Å²) in [5.74, 6) is 0.620. The maximum atomic E-state index is 11.8. The van der Waals surface area contributed by atoms with Crippen molar-refractivity contribution in [2.24, 2.45) is 0 Å². The minimum absolute atomic E-state index is 0.0198. The Bertz CT molecular complexity index is 550. The van der Waals surface area contributed by atoms with Gasteiger partial charge < -0.3 is 10.3 Å². The lowest BCUT2D eigenvalue weighted by atomic mass is 10.0. The van der Waals surface area contributed by atoms with Crippen LogP contribution in [0.25, 0.3) is 5.78 Å². The Hall–Kier alpha value is -1.62. The van der Waals surface area contributed by atoms with Crippen LogP contribution in [0.1, 0.15) is 31.0 Å². The molecule has 1 unspecified atom stereocenters. The van der Waals surface area contributed by atoms with Crippen LogP contribution in [0.3, 0.4) is 0 Å². The minimum Gasteiger partial charge on any atom is -0.327 e. The van der Waals surface area contributed by atoms with Gasteiger partial charge in [0.05, 0.1) is 0 Å². The van der Waals surface area contributed by atoms with Crippen LogP contribution in [-0.4, -0.2) is 20.9 Å². The van der Waals surface area contributed by atoms with Crippen LogP contribution in [-0.2, 0) is 0 Å². The lowest BCUT2D eigenvalue weighted by molar-refractivity contribution is 0.405. The Labute approximate surface area is 92.5 Å². The molecule has 16 heavy (non-hydrogen) atoms. The van der Waals surface area contributed by atoms with Crippen molar-refractivity contribution >= 4 is 5.78 Å². The van der Waals surface area contributed by atoms with Gasteiger partial charge in [-0.3, -0.25) is 9.20 Å². The Kier molecular flexibility index (Phi) is 2.25. The molecule has 5 nitrogen and oxygen atoms in total. The first kappa shape index (κ1) is 9.59. The van der Waals surface area contributed by atoms with Gasteiger partial charge in [0.1, 0.15) is 0 Å². The van der Waals surface area contributed by atoms with Gasteiger partial charge in [0, 0.05) is 30.2 Å². The molecule has 0 spiro atoms. The zero-order chi connectivity index (χ0) is 11.0. The zero-order valence-electron chi connectivity index (χ0n) is 8.94. The fourth-order valence-corrected chi connectivity index (χ4v) is 2.25. The first-order valence-corrected chi connectivity index (χ1v) is 5.64. The quantitative estimate of drug-likeness (QED) is 0.745. The third kappa shape index (κ3) is 1.53. The third-order valence-corrected chi connectivity index (χ3v) is 3.10. The summed E-state index contributed by atoms with van der Waals surface area (Å²) in [6.45, 7) is 1.02. The van der Waals surface area contributed by atoms with Crippen molar-refractivity contribution in [1.29, 1.82) is 0 Å². The van der Waals surface area contributed by atoms with Gasteiger partial charge in [-0.2, -0.15) is 0 Å². The van der Waals surface area contributed by atoms with Gasteiger partial charge in [-0.25, -0.2) is 4.98 Å². The van der Waals surface area contributed by atoms with Crippen molar-refractivity contribution in [2.75, 3.05) is 6.54 Å². The Morgan fingerprint density at radius 1 is 1.44 bits per heavy atom. The number of piperidine rings is 1. The van der Waals surface area contributed by atoms with E-state index in [2.05, 4.69) is 15.3 Å². The lowest BCUT2D eigenvalue weighted by Crippen LogP contribution is -2.29. The summed E-state index contributed by atoms with van der Waals surface area (Å²) in [6, 6.07) is 1.93. The van der Waals surface area contributed by atoms with Gasteiger partial charge in [0.25, 0.3) is 5.56 Å². The van der Waals surface area contributed by atoms with E-state index in [0.29, 0.717) is 5.78 Å². The first-order chi connectivity index (χ1) is 7.84. The fourth-order valence-electron chi connectivity index (χ4n) is 2.25. The van der Waals surface area contributed by atoms with Crippen LogP contribution in [0, 0.1) is 0 Å². The van der Waals surface area contributed by atoms with Gasteiger partial charge in [0.15, 0.2) is 0 Å². The minimum atomic E-state index is -0.0198. The number of nitrogens with zero attached hydrogens (tertiary/aromatic N) is 2. The van der Waals surface area contributed by atoms with Gasteiger partial charge in [-0.15, -0.1) is 0 Å². The van der Waals surface area contributed by atoms with E-state index in [1.54, 1.807) is 18.5 Å². The molecule has 2 N–H and O–H groups in total. The summed E-state index contributed by atoms with van der Waals surface area (Å²) in [5.41, 5.74) is 0.928. The SMILES string of the molecule is O=c1cc(C2CCCCN2)[nH]c2nccn12. The maximum Gasteiger partial charge on any atom is 0.259 e. The number of nitrogens with one attached hydrogen (secondary N) is 2. The summed E-state index contributed by atoms with van der Waals surface area (Å²) in [4.78, 5) is 19.1. The van der Waals surface area contributed by atoms with E-state index < -0.39 is 0 Å². The molecule has 0 saturated carbocycles. The molecule has 1 saturated heterocycles. The average molecular weight is 218 g/mol. The fraction of sp³-hybridized carbons (Fsp3) is 0.455. The van der Waals surface area contributed by atoms with Gasteiger partial charge in [0.2, 0.25) is 5.78 Å². The highest BCUT2D eigenvalue weighted by atomic mass is 16.1. The lowest BCUT2D eigenvalue weighted by Gasteiger charge is -2.23. The number of aromatic nitrogens is 3. The molecule has 3 heterocycles. The molecule has 84 valence electrons. The van der Waals surface area contributed by atoms with Crippen molar-refractivity contribution in [3.63, 3.8) is 0 Å². The highest BCUT2D eigenvalue weighted by Crippen LogP contribution is 2.20. The molecule has 2 aromatic rings. The molecule has 3 rings (SSSR count). The highest BCUT2D eigenvalue weighted by molar-refractivity contribution is 5.29. The summed E-state index contributed by atoms with van der Waals surface area (Å²) in [5, 5.41) is 3.41.